The van der Waals surface area contributed by atoms with Crippen LogP contribution in [0.1, 0.15) is 12.8 Å². The highest BCUT2D eigenvalue weighted by Gasteiger charge is 2.31. The van der Waals surface area contributed by atoms with Gasteiger partial charge < -0.3 is 15.4 Å². The van der Waals surface area contributed by atoms with Crippen LogP contribution < -0.4 is 20.7 Å². The Hall–Kier alpha value is -2.45. The van der Waals surface area contributed by atoms with Gasteiger partial charge in [0.1, 0.15) is 5.75 Å². The molecule has 1 aliphatic carbocycles. The number of urea groups is 1. The van der Waals surface area contributed by atoms with Crippen molar-refractivity contribution >= 4 is 17.6 Å². The average Bonchev–Trinajstić information content (AvgIpc) is 3.20. The predicted octanol–water partition coefficient (Wildman–Crippen LogP) is 1.99. The maximum Gasteiger partial charge on any atom is 0.573 e. The summed E-state index contributed by atoms with van der Waals surface area (Å²) in [6.07, 6.45) is -2.93. The Bertz CT molecular complexity index is 542. The van der Waals surface area contributed by atoms with Gasteiger partial charge in [-0.2, -0.15) is 0 Å². The first-order chi connectivity index (χ1) is 10.3. The summed E-state index contributed by atoms with van der Waals surface area (Å²) < 4.78 is 39.7. The zero-order chi connectivity index (χ0) is 16.2. The Morgan fingerprint density at radius 2 is 1.82 bits per heavy atom. The molecule has 1 aliphatic rings. The van der Waals surface area contributed by atoms with E-state index in [1.165, 1.54) is 12.1 Å². The molecule has 0 spiro atoms. The maximum atomic E-state index is 12.0. The highest BCUT2D eigenvalue weighted by atomic mass is 19.4. The number of hydrogen-bond acceptors (Lipinski definition) is 4. The van der Waals surface area contributed by atoms with Gasteiger partial charge in [-0.3, -0.25) is 10.1 Å². The summed E-state index contributed by atoms with van der Waals surface area (Å²) in [6, 6.07) is 4.49. The van der Waals surface area contributed by atoms with Gasteiger partial charge >= 0.3 is 12.4 Å². The number of hydrogen-bond donors (Lipinski definition) is 3. The van der Waals surface area contributed by atoms with Crippen LogP contribution in [0.3, 0.4) is 0 Å². The van der Waals surface area contributed by atoms with Crippen molar-refractivity contribution in [2.45, 2.75) is 25.2 Å². The first kappa shape index (κ1) is 15.9. The fourth-order valence-corrected chi connectivity index (χ4v) is 1.58. The second-order valence-electron chi connectivity index (χ2n) is 4.72. The number of alkyl halides is 3. The summed E-state index contributed by atoms with van der Waals surface area (Å²) in [5, 5.41) is 7.41. The quantitative estimate of drug-likeness (QED) is 0.776. The fraction of sp³-hybridized carbons (Fsp3) is 0.385. The zero-order valence-corrected chi connectivity index (χ0v) is 11.4. The molecule has 120 valence electrons. The van der Waals surface area contributed by atoms with Crippen LogP contribution in [0.2, 0.25) is 0 Å². The molecular weight excluding hydrogens is 303 g/mol. The van der Waals surface area contributed by atoms with Crippen molar-refractivity contribution in [3.63, 3.8) is 0 Å². The molecule has 1 aromatic carbocycles. The van der Waals surface area contributed by atoms with Gasteiger partial charge in [0, 0.05) is 11.7 Å². The second kappa shape index (κ2) is 6.54. The van der Waals surface area contributed by atoms with Crippen LogP contribution in [0.15, 0.2) is 24.3 Å². The number of imide groups is 1. The molecule has 1 fully saturated rings. The van der Waals surface area contributed by atoms with E-state index in [-0.39, 0.29) is 18.3 Å². The Kier molecular flexibility index (Phi) is 4.74. The molecular formula is C13H14F3N3O3. The van der Waals surface area contributed by atoms with E-state index in [1.807, 2.05) is 0 Å². The summed E-state index contributed by atoms with van der Waals surface area (Å²) in [4.78, 5) is 22.8. The third-order valence-electron chi connectivity index (χ3n) is 2.71. The fourth-order valence-electron chi connectivity index (χ4n) is 1.58. The number of rotatable bonds is 5. The van der Waals surface area contributed by atoms with E-state index in [0.717, 1.165) is 25.0 Å². The number of benzene rings is 1. The van der Waals surface area contributed by atoms with Gasteiger partial charge in [0.05, 0.1) is 6.54 Å². The van der Waals surface area contributed by atoms with Crippen molar-refractivity contribution in [1.29, 1.82) is 0 Å². The minimum atomic E-state index is -4.75. The highest BCUT2D eigenvalue weighted by molar-refractivity contribution is 5.96. The van der Waals surface area contributed by atoms with Crippen LogP contribution in [0.25, 0.3) is 0 Å². The topological polar surface area (TPSA) is 79.5 Å². The normalized spacial score (nSPS) is 14.1. The Morgan fingerprint density at radius 3 is 2.36 bits per heavy atom. The maximum absolute atomic E-state index is 12.0. The summed E-state index contributed by atoms with van der Waals surface area (Å²) in [5.41, 5.74) is 0.423. The van der Waals surface area contributed by atoms with Crippen LogP contribution in [0.5, 0.6) is 5.75 Å². The van der Waals surface area contributed by atoms with Crippen LogP contribution >= 0.6 is 0 Å². The summed E-state index contributed by atoms with van der Waals surface area (Å²) in [5.74, 6) is -0.903. The molecule has 0 atom stereocenters. The van der Waals surface area contributed by atoms with Crippen molar-refractivity contribution < 1.29 is 27.5 Å². The molecule has 0 saturated heterocycles. The minimum absolute atomic E-state index is 0.141. The molecule has 0 unspecified atom stereocenters. The van der Waals surface area contributed by atoms with E-state index in [9.17, 15) is 22.8 Å². The van der Waals surface area contributed by atoms with E-state index in [2.05, 4.69) is 20.7 Å². The first-order valence-electron chi connectivity index (χ1n) is 6.52. The van der Waals surface area contributed by atoms with Gasteiger partial charge in [-0.15, -0.1) is 13.2 Å². The number of carbonyl (C=O) groups is 2. The number of nitrogens with one attached hydrogen (secondary N) is 3. The summed E-state index contributed by atoms with van der Waals surface area (Å²) >= 11 is 0. The van der Waals surface area contributed by atoms with E-state index < -0.39 is 18.3 Å². The van der Waals surface area contributed by atoms with Crippen LogP contribution in [-0.2, 0) is 4.79 Å². The molecule has 0 heterocycles. The van der Waals surface area contributed by atoms with Gasteiger partial charge in [0.2, 0.25) is 5.91 Å². The Labute approximate surface area is 124 Å². The average molecular weight is 317 g/mol. The lowest BCUT2D eigenvalue weighted by Crippen LogP contribution is -2.42. The SMILES string of the molecule is O=C(CNc1ccc(OC(F)(F)F)cc1)NC(=O)NC1CC1. The number of ether oxygens (including phenoxy) is 1. The molecule has 1 aromatic rings. The highest BCUT2D eigenvalue weighted by Crippen LogP contribution is 2.23. The van der Waals surface area contributed by atoms with Crippen molar-refractivity contribution in [2.75, 3.05) is 11.9 Å². The number of anilines is 1. The van der Waals surface area contributed by atoms with Gasteiger partial charge in [-0.05, 0) is 37.1 Å². The lowest BCUT2D eigenvalue weighted by molar-refractivity contribution is -0.274. The predicted molar refractivity (Wildman–Crippen MR) is 71.3 cm³/mol. The molecule has 22 heavy (non-hydrogen) atoms. The molecule has 9 heteroatoms. The minimum Gasteiger partial charge on any atom is -0.406 e. The second-order valence-corrected chi connectivity index (χ2v) is 4.72. The van der Waals surface area contributed by atoms with E-state index in [1.54, 1.807) is 0 Å². The van der Waals surface area contributed by atoms with E-state index >= 15 is 0 Å². The number of amides is 3. The molecule has 3 N–H and O–H groups in total. The van der Waals surface area contributed by atoms with Crippen LogP contribution in [0.4, 0.5) is 23.7 Å². The third-order valence-corrected chi connectivity index (χ3v) is 2.71. The Balaban J connectivity index is 1.73. The molecule has 3 amide bonds. The first-order valence-corrected chi connectivity index (χ1v) is 6.52. The molecule has 0 radical (unpaired) electrons. The summed E-state index contributed by atoms with van der Waals surface area (Å²) in [7, 11) is 0. The number of halogens is 3. The van der Waals surface area contributed by atoms with Crippen molar-refractivity contribution in [1.82, 2.24) is 10.6 Å². The van der Waals surface area contributed by atoms with Crippen LogP contribution in [0, 0.1) is 0 Å². The monoisotopic (exact) mass is 317 g/mol. The van der Waals surface area contributed by atoms with Gasteiger partial charge in [-0.25, -0.2) is 4.79 Å². The van der Waals surface area contributed by atoms with Crippen LogP contribution in [-0.4, -0.2) is 30.9 Å². The van der Waals surface area contributed by atoms with Crippen molar-refractivity contribution in [3.05, 3.63) is 24.3 Å². The van der Waals surface area contributed by atoms with E-state index in [4.69, 9.17) is 0 Å². The zero-order valence-electron chi connectivity index (χ0n) is 11.4. The lowest BCUT2D eigenvalue weighted by atomic mass is 10.3. The largest absolute Gasteiger partial charge is 0.573 e. The Morgan fingerprint density at radius 1 is 1.18 bits per heavy atom. The molecule has 0 bridgehead atoms. The number of carbonyl (C=O) groups excluding carboxylic acids is 2. The van der Waals surface area contributed by atoms with Crippen molar-refractivity contribution in [2.24, 2.45) is 0 Å². The van der Waals surface area contributed by atoms with Gasteiger partial charge in [-0.1, -0.05) is 0 Å². The van der Waals surface area contributed by atoms with Crippen molar-refractivity contribution in [3.8, 4) is 5.75 Å². The van der Waals surface area contributed by atoms with E-state index in [0.29, 0.717) is 5.69 Å². The standard InChI is InChI=1S/C13H14F3N3O3/c14-13(15,16)22-10-5-3-8(4-6-10)17-7-11(20)19-12(21)18-9-1-2-9/h3-6,9,17H,1-2,7H2,(H2,18,19,20,21). The van der Waals surface area contributed by atoms with Gasteiger partial charge in [0.25, 0.3) is 0 Å². The summed E-state index contributed by atoms with van der Waals surface area (Å²) in [6.45, 7) is -0.183. The molecule has 0 aromatic heterocycles. The molecule has 0 aliphatic heterocycles. The molecule has 6 nitrogen and oxygen atoms in total. The molecule has 2 rings (SSSR count). The lowest BCUT2D eigenvalue weighted by Gasteiger charge is -2.10. The molecule has 1 saturated carbocycles. The smallest absolute Gasteiger partial charge is 0.406 e. The van der Waals surface area contributed by atoms with Gasteiger partial charge in [0.15, 0.2) is 0 Å². The third kappa shape index (κ3) is 5.90.